The molecule has 0 aromatic carbocycles. The number of rotatable bonds is 4. The maximum Gasteiger partial charge on any atom is 0.224 e. The molecule has 0 radical (unpaired) electrons. The van der Waals surface area contributed by atoms with Gasteiger partial charge in [0.1, 0.15) is 5.82 Å². The summed E-state index contributed by atoms with van der Waals surface area (Å²) in [7, 11) is 0. The van der Waals surface area contributed by atoms with Crippen molar-refractivity contribution in [2.24, 2.45) is 21.9 Å². The molecular formula is C11H17N5O. The Kier molecular flexibility index (Phi) is 4.03. The molecule has 1 aromatic heterocycles. The molecule has 0 spiro atoms. The number of nitrogens with zero attached hydrogens (tertiary/aromatic N) is 2. The van der Waals surface area contributed by atoms with Crippen LogP contribution in [-0.4, -0.2) is 23.4 Å². The largest absolute Gasteiger partial charge is 0.370 e. The number of nitrogens with two attached hydrogens (primary N) is 2. The lowest BCUT2D eigenvalue weighted by Gasteiger charge is -2.17. The molecule has 0 fully saturated rings. The highest BCUT2D eigenvalue weighted by atomic mass is 16.1. The second-order valence-corrected chi connectivity index (χ2v) is 4.29. The number of anilines is 1. The minimum atomic E-state index is -0.712. The van der Waals surface area contributed by atoms with Crippen molar-refractivity contribution < 1.29 is 4.79 Å². The lowest BCUT2D eigenvalue weighted by Crippen LogP contribution is -2.35. The average Bonchev–Trinajstić information content (AvgIpc) is 2.28. The quantitative estimate of drug-likeness (QED) is 0.516. The average molecular weight is 235 g/mol. The molecule has 1 heterocycles. The summed E-state index contributed by atoms with van der Waals surface area (Å²) >= 11 is 0. The number of nitrogens with one attached hydrogen (secondary N) is 1. The molecule has 92 valence electrons. The molecule has 17 heavy (non-hydrogen) atoms. The third-order valence-electron chi connectivity index (χ3n) is 2.23. The number of aromatic nitrogens is 1. The van der Waals surface area contributed by atoms with Gasteiger partial charge in [-0.2, -0.15) is 0 Å². The van der Waals surface area contributed by atoms with Gasteiger partial charge in [0, 0.05) is 6.20 Å². The minimum Gasteiger partial charge on any atom is -0.370 e. The van der Waals surface area contributed by atoms with Gasteiger partial charge < -0.3 is 16.8 Å². The van der Waals surface area contributed by atoms with E-state index in [0.717, 1.165) is 0 Å². The summed E-state index contributed by atoms with van der Waals surface area (Å²) < 4.78 is 0. The summed E-state index contributed by atoms with van der Waals surface area (Å²) in [6, 6.07) is 5.40. The zero-order valence-corrected chi connectivity index (χ0v) is 9.97. The van der Waals surface area contributed by atoms with E-state index in [2.05, 4.69) is 15.3 Å². The maximum atomic E-state index is 11.1. The van der Waals surface area contributed by atoms with Gasteiger partial charge in [-0.15, -0.1) is 0 Å². The molecule has 0 unspecified atom stereocenters. The van der Waals surface area contributed by atoms with Crippen molar-refractivity contribution in [2.45, 2.75) is 13.8 Å². The minimum absolute atomic E-state index is 0.207. The third kappa shape index (κ3) is 4.10. The second kappa shape index (κ2) is 5.29. The van der Waals surface area contributed by atoms with Crippen LogP contribution in [0.15, 0.2) is 29.4 Å². The van der Waals surface area contributed by atoms with E-state index in [1.807, 2.05) is 6.07 Å². The molecule has 0 saturated carbocycles. The van der Waals surface area contributed by atoms with Gasteiger partial charge in [-0.25, -0.2) is 4.98 Å². The predicted octanol–water partition coefficient (Wildman–Crippen LogP) is 0.320. The zero-order chi connectivity index (χ0) is 12.9. The van der Waals surface area contributed by atoms with E-state index in [-0.39, 0.29) is 12.5 Å². The highest BCUT2D eigenvalue weighted by Crippen LogP contribution is 2.13. The highest BCUT2D eigenvalue weighted by molar-refractivity contribution is 5.91. The van der Waals surface area contributed by atoms with E-state index < -0.39 is 11.3 Å². The summed E-state index contributed by atoms with van der Waals surface area (Å²) in [4.78, 5) is 19.2. The number of hydrogen-bond acceptors (Lipinski definition) is 3. The molecule has 0 aliphatic carbocycles. The van der Waals surface area contributed by atoms with Gasteiger partial charge in [0.2, 0.25) is 5.91 Å². The Balaban J connectivity index is 2.59. The van der Waals surface area contributed by atoms with Gasteiger partial charge in [0.15, 0.2) is 5.96 Å². The number of primary amides is 1. The summed E-state index contributed by atoms with van der Waals surface area (Å²) in [5.74, 6) is 0.399. The van der Waals surface area contributed by atoms with Gasteiger partial charge in [0.25, 0.3) is 0 Å². The molecule has 0 atom stereocenters. The van der Waals surface area contributed by atoms with Crippen LogP contribution in [-0.2, 0) is 4.79 Å². The number of carbonyl (C=O) groups excluding carboxylic acids is 1. The second-order valence-electron chi connectivity index (χ2n) is 4.29. The van der Waals surface area contributed by atoms with Crippen molar-refractivity contribution in [3.63, 3.8) is 0 Å². The van der Waals surface area contributed by atoms with Crippen molar-refractivity contribution in [1.29, 1.82) is 0 Å². The number of carbonyl (C=O) groups is 1. The van der Waals surface area contributed by atoms with Crippen LogP contribution in [0, 0.1) is 5.41 Å². The van der Waals surface area contributed by atoms with E-state index in [4.69, 9.17) is 11.5 Å². The van der Waals surface area contributed by atoms with Crippen LogP contribution in [0.1, 0.15) is 13.8 Å². The molecule has 1 amide bonds. The van der Waals surface area contributed by atoms with Crippen LogP contribution in [0.5, 0.6) is 0 Å². The van der Waals surface area contributed by atoms with Crippen molar-refractivity contribution in [3.05, 3.63) is 24.4 Å². The molecule has 6 nitrogen and oxygen atoms in total. The first-order chi connectivity index (χ1) is 7.92. The number of hydrogen-bond donors (Lipinski definition) is 3. The normalized spacial score (nSPS) is 12.2. The summed E-state index contributed by atoms with van der Waals surface area (Å²) in [5.41, 5.74) is 10.2. The number of pyridine rings is 1. The molecule has 0 saturated heterocycles. The fraction of sp³-hybridized carbons (Fsp3) is 0.364. The first-order valence-corrected chi connectivity index (χ1v) is 5.20. The molecule has 0 bridgehead atoms. The predicted molar refractivity (Wildman–Crippen MR) is 67.3 cm³/mol. The van der Waals surface area contributed by atoms with Crippen LogP contribution in [0.2, 0.25) is 0 Å². The van der Waals surface area contributed by atoms with Crippen LogP contribution < -0.4 is 16.8 Å². The number of guanidine groups is 1. The summed E-state index contributed by atoms with van der Waals surface area (Å²) in [5, 5.41) is 2.82. The van der Waals surface area contributed by atoms with Crippen LogP contribution in [0.25, 0.3) is 0 Å². The molecule has 5 N–H and O–H groups in total. The number of aliphatic imine (C=N–C) groups is 1. The SMILES string of the molecule is CC(C)(CN=C(N)Nc1ccccn1)C(N)=O. The fourth-order valence-electron chi connectivity index (χ4n) is 0.968. The first kappa shape index (κ1) is 13.0. The van der Waals surface area contributed by atoms with Gasteiger partial charge in [0.05, 0.1) is 12.0 Å². The third-order valence-corrected chi connectivity index (χ3v) is 2.23. The van der Waals surface area contributed by atoms with E-state index in [9.17, 15) is 4.79 Å². The van der Waals surface area contributed by atoms with Crippen molar-refractivity contribution in [2.75, 3.05) is 11.9 Å². The molecule has 1 rings (SSSR count). The Labute approximate surface area is 100 Å². The lowest BCUT2D eigenvalue weighted by atomic mass is 9.93. The fourth-order valence-corrected chi connectivity index (χ4v) is 0.968. The Hall–Kier alpha value is -2.11. The molecular weight excluding hydrogens is 218 g/mol. The van der Waals surface area contributed by atoms with Crippen molar-refractivity contribution in [3.8, 4) is 0 Å². The monoisotopic (exact) mass is 235 g/mol. The lowest BCUT2D eigenvalue weighted by molar-refractivity contribution is -0.125. The Morgan fingerprint density at radius 1 is 1.47 bits per heavy atom. The van der Waals surface area contributed by atoms with Crippen LogP contribution >= 0.6 is 0 Å². The van der Waals surface area contributed by atoms with Crippen molar-refractivity contribution in [1.82, 2.24) is 4.98 Å². The van der Waals surface area contributed by atoms with Crippen LogP contribution in [0.3, 0.4) is 0 Å². The van der Waals surface area contributed by atoms with E-state index in [1.54, 1.807) is 32.2 Å². The standard InChI is InChI=1S/C11H17N5O/c1-11(2,9(12)17)7-15-10(13)16-8-5-3-4-6-14-8/h3-6H,7H2,1-2H3,(H2,12,17)(H3,13,14,15,16). The van der Waals surface area contributed by atoms with E-state index in [1.165, 1.54) is 0 Å². The van der Waals surface area contributed by atoms with Gasteiger partial charge in [-0.1, -0.05) is 6.07 Å². The number of amides is 1. The van der Waals surface area contributed by atoms with Gasteiger partial charge in [-0.3, -0.25) is 9.79 Å². The van der Waals surface area contributed by atoms with Crippen LogP contribution in [0.4, 0.5) is 5.82 Å². The topological polar surface area (TPSA) is 106 Å². The maximum absolute atomic E-state index is 11.1. The molecule has 0 aliphatic heterocycles. The smallest absolute Gasteiger partial charge is 0.224 e. The Morgan fingerprint density at radius 3 is 2.71 bits per heavy atom. The Morgan fingerprint density at radius 2 is 2.18 bits per heavy atom. The molecule has 6 heteroatoms. The first-order valence-electron chi connectivity index (χ1n) is 5.20. The highest BCUT2D eigenvalue weighted by Gasteiger charge is 2.24. The van der Waals surface area contributed by atoms with Crippen molar-refractivity contribution >= 4 is 17.7 Å². The summed E-state index contributed by atoms with van der Waals surface area (Å²) in [6.07, 6.45) is 1.64. The van der Waals surface area contributed by atoms with E-state index in [0.29, 0.717) is 5.82 Å². The zero-order valence-electron chi connectivity index (χ0n) is 9.97. The van der Waals surface area contributed by atoms with Gasteiger partial charge in [-0.05, 0) is 26.0 Å². The van der Waals surface area contributed by atoms with Gasteiger partial charge >= 0.3 is 0 Å². The Bertz CT molecular complexity index is 413. The summed E-state index contributed by atoms with van der Waals surface area (Å²) in [6.45, 7) is 3.66. The molecule has 0 aliphatic rings. The van der Waals surface area contributed by atoms with E-state index >= 15 is 0 Å². The molecule has 1 aromatic rings.